The zero-order chi connectivity index (χ0) is 15.4. The van der Waals surface area contributed by atoms with Gasteiger partial charge in [0.25, 0.3) is 11.6 Å². The van der Waals surface area contributed by atoms with Crippen molar-refractivity contribution in [3.05, 3.63) is 69.3 Å². The van der Waals surface area contributed by atoms with Gasteiger partial charge in [0.1, 0.15) is 0 Å². The Morgan fingerprint density at radius 3 is 2.43 bits per heavy atom. The molecular weight excluding hydrogens is 292 g/mol. The maximum Gasteiger partial charge on any atom is 0.272 e. The molecule has 0 saturated heterocycles. The first-order valence-electron chi connectivity index (χ1n) is 6.22. The van der Waals surface area contributed by atoms with Gasteiger partial charge in [-0.2, -0.15) is 0 Å². The third-order valence-electron chi connectivity index (χ3n) is 3.02. The summed E-state index contributed by atoms with van der Waals surface area (Å²) in [6.45, 7) is 1.63. The highest BCUT2D eigenvalue weighted by Gasteiger charge is 2.12. The molecule has 21 heavy (non-hydrogen) atoms. The second-order valence-electron chi connectivity index (χ2n) is 4.54. The lowest BCUT2D eigenvalue weighted by Crippen LogP contribution is -2.12. The van der Waals surface area contributed by atoms with E-state index in [1.54, 1.807) is 37.3 Å². The van der Waals surface area contributed by atoms with E-state index in [4.69, 9.17) is 11.6 Å². The summed E-state index contributed by atoms with van der Waals surface area (Å²) in [6, 6.07) is 11.4. The number of nitro groups is 1. The van der Waals surface area contributed by atoms with E-state index in [1.165, 1.54) is 12.1 Å². The number of carbonyl (C=O) groups excluding carboxylic acids is 1. The van der Waals surface area contributed by atoms with Crippen molar-refractivity contribution in [1.29, 1.82) is 0 Å². The van der Waals surface area contributed by atoms with Crippen LogP contribution in [0, 0.1) is 17.0 Å². The average molecular weight is 305 g/mol. The van der Waals surface area contributed by atoms with Crippen molar-refractivity contribution >= 4 is 28.9 Å². The Morgan fingerprint density at radius 1 is 1.24 bits per heavy atom. The molecule has 0 heterocycles. The number of rotatable bonds is 4. The lowest BCUT2D eigenvalue weighted by molar-refractivity contribution is -0.385. The fraction of sp³-hybridized carbons (Fsp3) is 0.133. The number of halogens is 1. The van der Waals surface area contributed by atoms with Crippen LogP contribution in [0.3, 0.4) is 0 Å². The molecule has 0 bridgehead atoms. The molecule has 1 amide bonds. The Hall–Kier alpha value is -2.40. The molecule has 2 rings (SSSR count). The molecule has 0 aromatic heterocycles. The van der Waals surface area contributed by atoms with Gasteiger partial charge in [-0.3, -0.25) is 14.9 Å². The Labute approximate surface area is 126 Å². The van der Waals surface area contributed by atoms with Gasteiger partial charge in [0.05, 0.1) is 4.92 Å². The zero-order valence-electron chi connectivity index (χ0n) is 11.3. The van der Waals surface area contributed by atoms with E-state index in [2.05, 4.69) is 5.32 Å². The summed E-state index contributed by atoms with van der Waals surface area (Å²) in [7, 11) is 0. The van der Waals surface area contributed by atoms with E-state index in [0.29, 0.717) is 22.7 Å². The van der Waals surface area contributed by atoms with Crippen LogP contribution in [0.25, 0.3) is 0 Å². The smallest absolute Gasteiger partial charge is 0.272 e. The molecule has 0 atom stereocenters. The molecule has 0 spiro atoms. The number of nitrogens with zero attached hydrogens (tertiary/aromatic N) is 1. The number of anilines is 1. The predicted octanol–water partition coefficient (Wildman–Crippen LogP) is 3.89. The fourth-order valence-electron chi connectivity index (χ4n) is 1.89. The number of alkyl halides is 1. The van der Waals surface area contributed by atoms with Crippen molar-refractivity contribution in [2.24, 2.45) is 0 Å². The molecule has 108 valence electrons. The number of amides is 1. The average Bonchev–Trinajstić information content (AvgIpc) is 2.47. The first-order chi connectivity index (χ1) is 10.0. The van der Waals surface area contributed by atoms with E-state index < -0.39 is 4.92 Å². The van der Waals surface area contributed by atoms with Gasteiger partial charge < -0.3 is 5.32 Å². The van der Waals surface area contributed by atoms with Gasteiger partial charge in [-0.25, -0.2) is 0 Å². The molecule has 0 fully saturated rings. The highest BCUT2D eigenvalue weighted by Crippen LogP contribution is 2.22. The van der Waals surface area contributed by atoms with Crippen molar-refractivity contribution in [3.8, 4) is 0 Å². The Kier molecular flexibility index (Phi) is 4.55. The highest BCUT2D eigenvalue weighted by atomic mass is 35.5. The van der Waals surface area contributed by atoms with Crippen molar-refractivity contribution in [2.75, 3.05) is 5.32 Å². The van der Waals surface area contributed by atoms with Gasteiger partial charge in [-0.1, -0.05) is 12.1 Å². The van der Waals surface area contributed by atoms with Gasteiger partial charge in [-0.15, -0.1) is 11.6 Å². The highest BCUT2D eigenvalue weighted by molar-refractivity contribution is 6.17. The summed E-state index contributed by atoms with van der Waals surface area (Å²) in [5, 5.41) is 13.5. The van der Waals surface area contributed by atoms with Crippen molar-refractivity contribution < 1.29 is 9.72 Å². The van der Waals surface area contributed by atoms with E-state index in [9.17, 15) is 14.9 Å². The number of nitrogens with one attached hydrogen (secondary N) is 1. The molecule has 0 saturated carbocycles. The fourth-order valence-corrected chi connectivity index (χ4v) is 2.06. The Balaban J connectivity index is 2.15. The second-order valence-corrected chi connectivity index (χ2v) is 4.81. The van der Waals surface area contributed by atoms with Crippen LogP contribution in [0.2, 0.25) is 0 Å². The van der Waals surface area contributed by atoms with Crippen molar-refractivity contribution in [1.82, 2.24) is 0 Å². The van der Waals surface area contributed by atoms with Crippen molar-refractivity contribution in [2.45, 2.75) is 12.8 Å². The van der Waals surface area contributed by atoms with E-state index in [0.717, 1.165) is 5.56 Å². The molecular formula is C15H13ClN2O3. The van der Waals surface area contributed by atoms with E-state index in [-0.39, 0.29) is 11.6 Å². The molecule has 0 aliphatic heterocycles. The number of benzene rings is 2. The lowest BCUT2D eigenvalue weighted by atomic mass is 10.1. The Morgan fingerprint density at radius 2 is 1.90 bits per heavy atom. The molecule has 1 N–H and O–H groups in total. The summed E-state index contributed by atoms with van der Waals surface area (Å²) >= 11 is 5.69. The maximum atomic E-state index is 12.1. The molecule has 2 aromatic carbocycles. The van der Waals surface area contributed by atoms with Crippen molar-refractivity contribution in [3.63, 3.8) is 0 Å². The standard InChI is InChI=1S/C15H13ClN2O3/c1-10-8-13(6-7-14(10)18(20)21)17-15(19)12-4-2-11(9-16)3-5-12/h2-8H,9H2,1H3,(H,17,19). The second kappa shape index (κ2) is 6.37. The summed E-state index contributed by atoms with van der Waals surface area (Å²) < 4.78 is 0. The van der Waals surface area contributed by atoms with Crippen LogP contribution in [0.4, 0.5) is 11.4 Å². The Bertz CT molecular complexity index is 684. The minimum atomic E-state index is -0.453. The molecule has 0 aliphatic rings. The number of hydrogen-bond acceptors (Lipinski definition) is 3. The van der Waals surface area contributed by atoms with E-state index in [1.807, 2.05) is 0 Å². The summed E-state index contributed by atoms with van der Waals surface area (Å²) in [6.07, 6.45) is 0. The van der Waals surface area contributed by atoms with Crippen LogP contribution in [0.5, 0.6) is 0 Å². The number of hydrogen-bond donors (Lipinski definition) is 1. The first-order valence-corrected chi connectivity index (χ1v) is 6.76. The number of aryl methyl sites for hydroxylation is 1. The van der Waals surface area contributed by atoms with Gasteiger partial charge in [0.15, 0.2) is 0 Å². The maximum absolute atomic E-state index is 12.1. The third kappa shape index (κ3) is 3.58. The van der Waals surface area contributed by atoms with Gasteiger partial charge in [-0.05, 0) is 36.8 Å². The third-order valence-corrected chi connectivity index (χ3v) is 3.33. The first kappa shape index (κ1) is 15.0. The molecule has 6 heteroatoms. The predicted molar refractivity (Wildman–Crippen MR) is 81.8 cm³/mol. The van der Waals surface area contributed by atoms with Crippen LogP contribution < -0.4 is 5.32 Å². The molecule has 0 unspecified atom stereocenters. The minimum absolute atomic E-state index is 0.0273. The van der Waals surface area contributed by atoms with Crippen LogP contribution in [-0.2, 0) is 5.88 Å². The van der Waals surface area contributed by atoms with Crippen LogP contribution in [-0.4, -0.2) is 10.8 Å². The van der Waals surface area contributed by atoms with Crippen LogP contribution in [0.15, 0.2) is 42.5 Å². The minimum Gasteiger partial charge on any atom is -0.322 e. The van der Waals surface area contributed by atoms with E-state index >= 15 is 0 Å². The largest absolute Gasteiger partial charge is 0.322 e. The molecule has 2 aromatic rings. The zero-order valence-corrected chi connectivity index (χ0v) is 12.1. The topological polar surface area (TPSA) is 72.2 Å². The SMILES string of the molecule is Cc1cc(NC(=O)c2ccc(CCl)cc2)ccc1[N+](=O)[O-]. The normalized spacial score (nSPS) is 10.2. The van der Waals surface area contributed by atoms with Gasteiger partial charge in [0, 0.05) is 28.8 Å². The van der Waals surface area contributed by atoms with Gasteiger partial charge >= 0.3 is 0 Å². The number of carbonyl (C=O) groups is 1. The van der Waals surface area contributed by atoms with Crippen LogP contribution in [0.1, 0.15) is 21.5 Å². The number of nitro benzene ring substituents is 1. The monoisotopic (exact) mass is 304 g/mol. The summed E-state index contributed by atoms with van der Waals surface area (Å²) in [4.78, 5) is 22.4. The molecule has 5 nitrogen and oxygen atoms in total. The quantitative estimate of drug-likeness (QED) is 0.529. The van der Waals surface area contributed by atoms with Crippen LogP contribution >= 0.6 is 11.6 Å². The molecule has 0 radical (unpaired) electrons. The molecule has 0 aliphatic carbocycles. The summed E-state index contributed by atoms with van der Waals surface area (Å²) in [5.41, 5.74) is 2.47. The summed E-state index contributed by atoms with van der Waals surface area (Å²) in [5.74, 6) is 0.119. The van der Waals surface area contributed by atoms with Gasteiger partial charge in [0.2, 0.25) is 0 Å². The lowest BCUT2D eigenvalue weighted by Gasteiger charge is -2.07.